The van der Waals surface area contributed by atoms with Gasteiger partial charge in [0.2, 0.25) is 0 Å². The average Bonchev–Trinajstić information content (AvgIpc) is 2.33. The standard InChI is InChI=1S/C15H14O2/c1-9-5-4-6-12-14(8-17)13(7-16)10(2)11(3)15(9)12/h4-8H,1-3H3. The Kier molecular flexibility index (Phi) is 2.80. The van der Waals surface area contributed by atoms with E-state index in [-0.39, 0.29) is 0 Å². The molecule has 0 aliphatic rings. The Labute approximate surface area is 100 Å². The van der Waals surface area contributed by atoms with E-state index in [0.717, 1.165) is 40.0 Å². The SMILES string of the molecule is Cc1c(C=O)c(C=O)c2cccc(C)c2c1C. The third-order valence-corrected chi connectivity index (χ3v) is 3.43. The van der Waals surface area contributed by atoms with Gasteiger partial charge in [-0.3, -0.25) is 9.59 Å². The molecule has 0 spiro atoms. The molecule has 0 heterocycles. The summed E-state index contributed by atoms with van der Waals surface area (Å²) < 4.78 is 0. The molecule has 0 unspecified atom stereocenters. The second kappa shape index (κ2) is 4.13. The molecule has 0 radical (unpaired) electrons. The number of fused-ring (bicyclic) bond motifs is 1. The molecule has 0 fully saturated rings. The summed E-state index contributed by atoms with van der Waals surface area (Å²) in [4.78, 5) is 22.3. The Hall–Kier alpha value is -1.96. The maximum Gasteiger partial charge on any atom is 0.151 e. The molecule has 2 heteroatoms. The van der Waals surface area contributed by atoms with Crippen LogP contribution in [-0.4, -0.2) is 12.6 Å². The molecule has 2 nitrogen and oxygen atoms in total. The van der Waals surface area contributed by atoms with Gasteiger partial charge in [-0.05, 0) is 48.2 Å². The van der Waals surface area contributed by atoms with Crippen LogP contribution >= 0.6 is 0 Å². The molecule has 0 atom stereocenters. The van der Waals surface area contributed by atoms with Crippen molar-refractivity contribution >= 4 is 23.3 Å². The zero-order valence-electron chi connectivity index (χ0n) is 10.2. The minimum Gasteiger partial charge on any atom is -0.298 e. The smallest absolute Gasteiger partial charge is 0.151 e. The second-order valence-corrected chi connectivity index (χ2v) is 4.31. The maximum absolute atomic E-state index is 11.2. The summed E-state index contributed by atoms with van der Waals surface area (Å²) >= 11 is 0. The monoisotopic (exact) mass is 226 g/mol. The van der Waals surface area contributed by atoms with Gasteiger partial charge in [-0.1, -0.05) is 18.2 Å². The van der Waals surface area contributed by atoms with Crippen LogP contribution in [0.15, 0.2) is 18.2 Å². The van der Waals surface area contributed by atoms with E-state index in [1.807, 2.05) is 39.0 Å². The highest BCUT2D eigenvalue weighted by molar-refractivity contribution is 6.08. The molecule has 0 amide bonds. The number of aryl methyl sites for hydroxylation is 2. The molecule has 0 aliphatic heterocycles. The highest BCUT2D eigenvalue weighted by Crippen LogP contribution is 2.30. The van der Waals surface area contributed by atoms with Crippen LogP contribution < -0.4 is 0 Å². The first-order valence-corrected chi connectivity index (χ1v) is 5.54. The van der Waals surface area contributed by atoms with Gasteiger partial charge in [0.25, 0.3) is 0 Å². The van der Waals surface area contributed by atoms with Gasteiger partial charge in [-0.15, -0.1) is 0 Å². The Morgan fingerprint density at radius 3 is 2.12 bits per heavy atom. The fourth-order valence-electron chi connectivity index (χ4n) is 2.41. The number of carbonyl (C=O) groups excluding carboxylic acids is 2. The lowest BCUT2D eigenvalue weighted by molar-refractivity contribution is 0.109. The molecule has 0 aliphatic carbocycles. The summed E-state index contributed by atoms with van der Waals surface area (Å²) in [6.07, 6.45) is 1.55. The summed E-state index contributed by atoms with van der Waals surface area (Å²) in [6.45, 7) is 5.90. The van der Waals surface area contributed by atoms with E-state index in [9.17, 15) is 9.59 Å². The summed E-state index contributed by atoms with van der Waals surface area (Å²) in [6, 6.07) is 5.82. The average molecular weight is 226 g/mol. The first-order valence-electron chi connectivity index (χ1n) is 5.54. The van der Waals surface area contributed by atoms with Gasteiger partial charge in [-0.2, -0.15) is 0 Å². The molecule has 0 bridgehead atoms. The topological polar surface area (TPSA) is 34.1 Å². The molecule has 17 heavy (non-hydrogen) atoms. The maximum atomic E-state index is 11.2. The van der Waals surface area contributed by atoms with Crippen LogP contribution in [0.5, 0.6) is 0 Å². The van der Waals surface area contributed by atoms with Crippen LogP contribution in [0.1, 0.15) is 37.4 Å². The Morgan fingerprint density at radius 2 is 1.53 bits per heavy atom. The van der Waals surface area contributed by atoms with Crippen molar-refractivity contribution in [3.05, 3.63) is 46.0 Å². The third-order valence-electron chi connectivity index (χ3n) is 3.43. The Bertz CT molecular complexity index is 625. The molecule has 2 rings (SSSR count). The predicted molar refractivity (Wildman–Crippen MR) is 68.9 cm³/mol. The van der Waals surface area contributed by atoms with Crippen LogP contribution in [-0.2, 0) is 0 Å². The normalized spacial score (nSPS) is 10.5. The lowest BCUT2D eigenvalue weighted by Crippen LogP contribution is -2.01. The van der Waals surface area contributed by atoms with Gasteiger partial charge in [0.15, 0.2) is 12.6 Å². The van der Waals surface area contributed by atoms with Crippen molar-refractivity contribution in [2.45, 2.75) is 20.8 Å². The van der Waals surface area contributed by atoms with Gasteiger partial charge in [-0.25, -0.2) is 0 Å². The predicted octanol–water partition coefficient (Wildman–Crippen LogP) is 3.39. The van der Waals surface area contributed by atoms with Gasteiger partial charge >= 0.3 is 0 Å². The summed E-state index contributed by atoms with van der Waals surface area (Å²) in [7, 11) is 0. The number of hydrogen-bond donors (Lipinski definition) is 0. The molecular weight excluding hydrogens is 212 g/mol. The van der Waals surface area contributed by atoms with E-state index in [1.165, 1.54) is 0 Å². The van der Waals surface area contributed by atoms with Crippen LogP contribution in [0.2, 0.25) is 0 Å². The Morgan fingerprint density at radius 1 is 0.882 bits per heavy atom. The van der Waals surface area contributed by atoms with Crippen LogP contribution in [0.3, 0.4) is 0 Å². The first kappa shape index (κ1) is 11.5. The molecule has 0 N–H and O–H groups in total. The van der Waals surface area contributed by atoms with E-state index in [2.05, 4.69) is 0 Å². The van der Waals surface area contributed by atoms with E-state index in [0.29, 0.717) is 11.1 Å². The highest BCUT2D eigenvalue weighted by atomic mass is 16.1. The molecule has 0 saturated carbocycles. The second-order valence-electron chi connectivity index (χ2n) is 4.31. The van der Waals surface area contributed by atoms with E-state index >= 15 is 0 Å². The number of carbonyl (C=O) groups is 2. The van der Waals surface area contributed by atoms with Crippen molar-refractivity contribution in [3.8, 4) is 0 Å². The summed E-state index contributed by atoms with van der Waals surface area (Å²) in [5.74, 6) is 0. The fourth-order valence-corrected chi connectivity index (χ4v) is 2.41. The van der Waals surface area contributed by atoms with Crippen molar-refractivity contribution in [1.82, 2.24) is 0 Å². The van der Waals surface area contributed by atoms with Gasteiger partial charge in [0.05, 0.1) is 0 Å². The van der Waals surface area contributed by atoms with Gasteiger partial charge < -0.3 is 0 Å². The van der Waals surface area contributed by atoms with E-state index in [1.54, 1.807) is 0 Å². The highest BCUT2D eigenvalue weighted by Gasteiger charge is 2.14. The lowest BCUT2D eigenvalue weighted by Gasteiger charge is -2.14. The molecule has 0 aromatic heterocycles. The number of aldehydes is 2. The molecular formula is C15H14O2. The lowest BCUT2D eigenvalue weighted by atomic mass is 9.89. The van der Waals surface area contributed by atoms with Gasteiger partial charge in [0.1, 0.15) is 0 Å². The molecule has 2 aromatic carbocycles. The zero-order valence-corrected chi connectivity index (χ0v) is 10.2. The minimum absolute atomic E-state index is 0.502. The number of rotatable bonds is 2. The third kappa shape index (κ3) is 1.57. The van der Waals surface area contributed by atoms with Crippen LogP contribution in [0, 0.1) is 20.8 Å². The largest absolute Gasteiger partial charge is 0.298 e. The van der Waals surface area contributed by atoms with Crippen molar-refractivity contribution in [2.24, 2.45) is 0 Å². The fraction of sp³-hybridized carbons (Fsp3) is 0.200. The van der Waals surface area contributed by atoms with Crippen molar-refractivity contribution < 1.29 is 9.59 Å². The quantitative estimate of drug-likeness (QED) is 0.735. The molecule has 0 saturated heterocycles. The summed E-state index contributed by atoms with van der Waals surface area (Å²) in [5, 5.41) is 1.95. The van der Waals surface area contributed by atoms with Crippen LogP contribution in [0.25, 0.3) is 10.8 Å². The zero-order chi connectivity index (χ0) is 12.6. The van der Waals surface area contributed by atoms with Crippen LogP contribution in [0.4, 0.5) is 0 Å². The van der Waals surface area contributed by atoms with E-state index in [4.69, 9.17) is 0 Å². The van der Waals surface area contributed by atoms with Gasteiger partial charge in [0, 0.05) is 11.1 Å². The van der Waals surface area contributed by atoms with Crippen molar-refractivity contribution in [3.63, 3.8) is 0 Å². The number of hydrogen-bond acceptors (Lipinski definition) is 2. The van der Waals surface area contributed by atoms with Crippen molar-refractivity contribution in [2.75, 3.05) is 0 Å². The molecule has 86 valence electrons. The van der Waals surface area contributed by atoms with E-state index < -0.39 is 0 Å². The molecule has 2 aromatic rings. The van der Waals surface area contributed by atoms with Crippen molar-refractivity contribution in [1.29, 1.82) is 0 Å². The minimum atomic E-state index is 0.502. The first-order chi connectivity index (χ1) is 8.11. The summed E-state index contributed by atoms with van der Waals surface area (Å²) in [5.41, 5.74) is 4.11. The Balaban J connectivity index is 3.11. The number of benzene rings is 2.